The molecule has 1 unspecified atom stereocenters. The number of hydrogen-bond acceptors (Lipinski definition) is 5. The predicted molar refractivity (Wildman–Crippen MR) is 144 cm³/mol. The van der Waals surface area contributed by atoms with Crippen LogP contribution in [0.25, 0.3) is 10.8 Å². The van der Waals surface area contributed by atoms with Crippen LogP contribution < -0.4 is 11.6 Å². The maximum Gasteiger partial charge on any atom is 0.328 e. The first kappa shape index (κ1) is 25.9. The SMILES string of the molecule is CC1(c2ccccc2)C(=O)N(Cc2ccc3ccc(C=NN)cc3c2)C(=O)N1CCCCCCC(N)=O. The van der Waals surface area contributed by atoms with E-state index in [0.29, 0.717) is 13.0 Å². The highest BCUT2D eigenvalue weighted by Crippen LogP contribution is 2.38. The topological polar surface area (TPSA) is 122 Å². The van der Waals surface area contributed by atoms with Crippen molar-refractivity contribution >= 4 is 34.8 Å². The molecule has 0 spiro atoms. The molecular formula is C29H33N5O3. The third-order valence-corrected chi connectivity index (χ3v) is 7.05. The van der Waals surface area contributed by atoms with Crippen LogP contribution >= 0.6 is 0 Å². The highest BCUT2D eigenvalue weighted by atomic mass is 16.2. The third-order valence-electron chi connectivity index (χ3n) is 7.05. The number of primary amides is 1. The zero-order valence-electron chi connectivity index (χ0n) is 21.1. The fourth-order valence-corrected chi connectivity index (χ4v) is 4.99. The summed E-state index contributed by atoms with van der Waals surface area (Å²) in [7, 11) is 0. The average molecular weight is 500 g/mol. The van der Waals surface area contributed by atoms with Gasteiger partial charge in [0.25, 0.3) is 5.91 Å². The molecule has 4 rings (SSSR count). The van der Waals surface area contributed by atoms with Gasteiger partial charge in [-0.3, -0.25) is 14.5 Å². The number of imide groups is 1. The molecule has 1 aliphatic heterocycles. The minimum atomic E-state index is -1.09. The van der Waals surface area contributed by atoms with Crippen LogP contribution in [0.5, 0.6) is 0 Å². The molecule has 0 aromatic heterocycles. The lowest BCUT2D eigenvalue weighted by Gasteiger charge is -2.32. The van der Waals surface area contributed by atoms with Crippen LogP contribution in [-0.2, 0) is 21.7 Å². The predicted octanol–water partition coefficient (Wildman–Crippen LogP) is 4.25. The summed E-state index contributed by atoms with van der Waals surface area (Å²) in [5, 5.41) is 5.62. The van der Waals surface area contributed by atoms with E-state index >= 15 is 0 Å². The second kappa shape index (κ2) is 11.2. The largest absolute Gasteiger partial charge is 0.370 e. The maximum absolute atomic E-state index is 13.8. The molecule has 4 N–H and O–H groups in total. The van der Waals surface area contributed by atoms with E-state index in [4.69, 9.17) is 11.6 Å². The zero-order chi connectivity index (χ0) is 26.4. The Bertz CT molecular complexity index is 1320. The van der Waals surface area contributed by atoms with Gasteiger partial charge in [0.2, 0.25) is 5.91 Å². The minimum absolute atomic E-state index is 0.181. The van der Waals surface area contributed by atoms with E-state index in [-0.39, 0.29) is 24.4 Å². The van der Waals surface area contributed by atoms with Gasteiger partial charge >= 0.3 is 6.03 Å². The Balaban J connectivity index is 1.57. The Morgan fingerprint density at radius 1 is 0.946 bits per heavy atom. The van der Waals surface area contributed by atoms with Gasteiger partial charge in [-0.1, -0.05) is 67.4 Å². The van der Waals surface area contributed by atoms with Gasteiger partial charge in [-0.05, 0) is 59.4 Å². The fraction of sp³-hybridized carbons (Fsp3) is 0.310. The Hall–Kier alpha value is -4.20. The second-order valence-corrected chi connectivity index (χ2v) is 9.61. The van der Waals surface area contributed by atoms with Crippen molar-refractivity contribution in [3.8, 4) is 0 Å². The van der Waals surface area contributed by atoms with Crippen molar-refractivity contribution in [2.24, 2.45) is 16.7 Å². The molecule has 192 valence electrons. The molecule has 3 aromatic carbocycles. The number of unbranched alkanes of at least 4 members (excludes halogenated alkanes) is 3. The summed E-state index contributed by atoms with van der Waals surface area (Å²) in [6.45, 7) is 2.46. The summed E-state index contributed by atoms with van der Waals surface area (Å²) in [6, 6.07) is 21.0. The smallest absolute Gasteiger partial charge is 0.328 e. The van der Waals surface area contributed by atoms with Crippen molar-refractivity contribution in [1.82, 2.24) is 9.80 Å². The fourth-order valence-electron chi connectivity index (χ4n) is 4.99. The van der Waals surface area contributed by atoms with Crippen LogP contribution in [0.4, 0.5) is 4.79 Å². The first-order valence-electron chi connectivity index (χ1n) is 12.6. The number of rotatable bonds is 11. The monoisotopic (exact) mass is 499 g/mol. The van der Waals surface area contributed by atoms with Crippen molar-refractivity contribution in [1.29, 1.82) is 0 Å². The Morgan fingerprint density at radius 3 is 2.41 bits per heavy atom. The van der Waals surface area contributed by atoms with Gasteiger partial charge in [0, 0.05) is 13.0 Å². The summed E-state index contributed by atoms with van der Waals surface area (Å²) in [5.74, 6) is 4.76. The van der Waals surface area contributed by atoms with E-state index in [1.54, 1.807) is 11.1 Å². The Morgan fingerprint density at radius 2 is 1.68 bits per heavy atom. The number of nitrogens with zero attached hydrogens (tertiary/aromatic N) is 3. The molecule has 0 bridgehead atoms. The molecule has 1 aliphatic rings. The number of fused-ring (bicyclic) bond motifs is 1. The molecule has 3 aromatic rings. The molecule has 37 heavy (non-hydrogen) atoms. The lowest BCUT2D eigenvalue weighted by molar-refractivity contribution is -0.133. The molecule has 0 aliphatic carbocycles. The average Bonchev–Trinajstić information content (AvgIpc) is 3.07. The van der Waals surface area contributed by atoms with Crippen molar-refractivity contribution < 1.29 is 14.4 Å². The number of nitrogens with two attached hydrogens (primary N) is 2. The van der Waals surface area contributed by atoms with Gasteiger partial charge in [0.1, 0.15) is 5.54 Å². The Labute approximate surface area is 216 Å². The first-order chi connectivity index (χ1) is 17.8. The summed E-state index contributed by atoms with van der Waals surface area (Å²) in [4.78, 5) is 41.5. The minimum Gasteiger partial charge on any atom is -0.370 e. The zero-order valence-corrected chi connectivity index (χ0v) is 21.1. The van der Waals surface area contributed by atoms with Crippen molar-refractivity contribution in [3.63, 3.8) is 0 Å². The van der Waals surface area contributed by atoms with Crippen molar-refractivity contribution in [2.75, 3.05) is 6.54 Å². The van der Waals surface area contributed by atoms with E-state index < -0.39 is 5.54 Å². The summed E-state index contributed by atoms with van der Waals surface area (Å²) >= 11 is 0. The molecule has 1 heterocycles. The van der Waals surface area contributed by atoms with Crippen LogP contribution in [0.15, 0.2) is 71.8 Å². The highest BCUT2D eigenvalue weighted by Gasteiger charge is 2.54. The molecule has 0 radical (unpaired) electrons. The van der Waals surface area contributed by atoms with Crippen LogP contribution in [0.3, 0.4) is 0 Å². The normalized spacial score (nSPS) is 17.9. The van der Waals surface area contributed by atoms with Crippen LogP contribution in [0.2, 0.25) is 0 Å². The number of carbonyl (C=O) groups is 3. The van der Waals surface area contributed by atoms with Gasteiger partial charge in [0.05, 0.1) is 12.8 Å². The summed E-state index contributed by atoms with van der Waals surface area (Å²) in [6.07, 6.45) is 5.09. The van der Waals surface area contributed by atoms with Crippen LogP contribution in [0, 0.1) is 0 Å². The van der Waals surface area contributed by atoms with E-state index in [9.17, 15) is 14.4 Å². The van der Waals surface area contributed by atoms with Crippen LogP contribution in [0.1, 0.15) is 55.7 Å². The van der Waals surface area contributed by atoms with Gasteiger partial charge in [-0.25, -0.2) is 4.79 Å². The number of benzene rings is 3. The highest BCUT2D eigenvalue weighted by molar-refractivity contribution is 6.07. The number of hydrogen-bond donors (Lipinski definition) is 2. The Kier molecular flexibility index (Phi) is 7.86. The van der Waals surface area contributed by atoms with E-state index in [1.807, 2.05) is 73.7 Å². The standard InChI is InChI=1S/C29H33N5O3/c1-29(25-9-5-4-6-10-25)27(36)33(28(37)34(29)16-8-3-2-7-11-26(30)35)20-22-13-15-23-14-12-21(19-32-31)17-24(23)18-22/h4-6,9-10,12-15,17-19H,2-3,7-8,11,16,20,31H2,1H3,(H2,30,35). The number of carbonyl (C=O) groups excluding carboxylic acids is 3. The molecular weight excluding hydrogens is 466 g/mol. The number of amides is 4. The van der Waals surface area contributed by atoms with Gasteiger partial charge in [-0.15, -0.1) is 0 Å². The number of hydrazone groups is 1. The van der Waals surface area contributed by atoms with E-state index in [1.165, 1.54) is 4.90 Å². The summed E-state index contributed by atoms with van der Waals surface area (Å²) in [5.41, 5.74) is 6.66. The van der Waals surface area contributed by atoms with E-state index in [0.717, 1.165) is 53.1 Å². The molecule has 8 heteroatoms. The molecule has 8 nitrogen and oxygen atoms in total. The molecule has 1 fully saturated rings. The molecule has 1 saturated heterocycles. The van der Waals surface area contributed by atoms with E-state index in [2.05, 4.69) is 5.10 Å². The number of urea groups is 1. The van der Waals surface area contributed by atoms with Crippen molar-refractivity contribution in [3.05, 3.63) is 83.4 Å². The molecule has 0 saturated carbocycles. The molecule has 4 amide bonds. The van der Waals surface area contributed by atoms with Crippen molar-refractivity contribution in [2.45, 2.75) is 51.1 Å². The van der Waals surface area contributed by atoms with Gasteiger partial charge in [0.15, 0.2) is 0 Å². The second-order valence-electron chi connectivity index (χ2n) is 9.61. The first-order valence-corrected chi connectivity index (χ1v) is 12.6. The van der Waals surface area contributed by atoms with Gasteiger partial charge in [-0.2, -0.15) is 5.10 Å². The van der Waals surface area contributed by atoms with Gasteiger partial charge < -0.3 is 16.5 Å². The molecule has 1 atom stereocenters. The lowest BCUT2D eigenvalue weighted by atomic mass is 9.90. The summed E-state index contributed by atoms with van der Waals surface area (Å²) < 4.78 is 0. The van der Waals surface area contributed by atoms with Crippen LogP contribution in [-0.4, -0.2) is 40.4 Å². The quantitative estimate of drug-likeness (QED) is 0.135. The maximum atomic E-state index is 13.8. The third kappa shape index (κ3) is 5.48. The lowest BCUT2D eigenvalue weighted by Crippen LogP contribution is -2.44.